The Morgan fingerprint density at radius 1 is 1.00 bits per heavy atom. The summed E-state index contributed by atoms with van der Waals surface area (Å²) in [5.41, 5.74) is 0. The molecule has 0 saturated carbocycles. The maximum atomic E-state index is 12.5. The Morgan fingerprint density at radius 3 is 2.10 bits per heavy atom. The van der Waals surface area contributed by atoms with Crippen LogP contribution in [0.15, 0.2) is 0 Å². The van der Waals surface area contributed by atoms with Gasteiger partial charge in [-0.25, -0.2) is 14.4 Å². The molecule has 1 heterocycles. The van der Waals surface area contributed by atoms with Gasteiger partial charge < -0.3 is 34.8 Å². The molecule has 166 valence electrons. The number of rotatable bonds is 11. The van der Waals surface area contributed by atoms with Gasteiger partial charge in [0.25, 0.3) is 5.91 Å². The fourth-order valence-electron chi connectivity index (χ4n) is 2.73. The first-order valence-electron chi connectivity index (χ1n) is 9.17. The Morgan fingerprint density at radius 2 is 1.59 bits per heavy atom. The van der Waals surface area contributed by atoms with Crippen molar-refractivity contribution < 1.29 is 49.1 Å². The minimum atomic E-state index is -2.21. The molecule has 1 fully saturated rings. The number of nitrogens with zero attached hydrogens (tertiary/aromatic N) is 2. The zero-order valence-corrected chi connectivity index (χ0v) is 16.6. The third kappa shape index (κ3) is 6.10. The number of aliphatic hydroxyl groups is 4. The molecule has 29 heavy (non-hydrogen) atoms. The summed E-state index contributed by atoms with van der Waals surface area (Å²) in [5.74, 6) is -3.10. The van der Waals surface area contributed by atoms with E-state index in [4.69, 9.17) is 0 Å². The smallest absolute Gasteiger partial charge is 0.338 e. The van der Waals surface area contributed by atoms with E-state index < -0.39 is 60.9 Å². The molecule has 0 spiro atoms. The van der Waals surface area contributed by atoms with Gasteiger partial charge in [-0.15, -0.1) is 0 Å². The van der Waals surface area contributed by atoms with Crippen LogP contribution in [-0.2, 0) is 23.9 Å². The van der Waals surface area contributed by atoms with Gasteiger partial charge in [0.15, 0.2) is 12.2 Å². The van der Waals surface area contributed by atoms with Crippen molar-refractivity contribution in [2.24, 2.45) is 0 Å². The maximum absolute atomic E-state index is 12.5. The molecule has 1 rings (SSSR count). The molecule has 0 radical (unpaired) electrons. The van der Waals surface area contributed by atoms with E-state index in [2.05, 4.69) is 9.47 Å². The van der Waals surface area contributed by atoms with E-state index in [0.717, 1.165) is 16.9 Å². The van der Waals surface area contributed by atoms with Crippen LogP contribution in [0, 0.1) is 0 Å². The molecule has 3 amide bonds. The lowest BCUT2D eigenvalue weighted by Crippen LogP contribution is -2.44. The molecule has 1 saturated heterocycles. The van der Waals surface area contributed by atoms with Crippen molar-refractivity contribution in [3.8, 4) is 0 Å². The highest BCUT2D eigenvalue weighted by atomic mass is 16.6. The predicted octanol–water partition coefficient (Wildman–Crippen LogP) is -2.40. The van der Waals surface area contributed by atoms with Crippen LogP contribution in [0.5, 0.6) is 0 Å². The fourth-order valence-corrected chi connectivity index (χ4v) is 2.73. The molecule has 12 nitrogen and oxygen atoms in total. The van der Waals surface area contributed by atoms with Crippen LogP contribution in [0.1, 0.15) is 26.7 Å². The minimum Gasteiger partial charge on any atom is -0.467 e. The molecule has 5 atom stereocenters. The largest absolute Gasteiger partial charge is 0.467 e. The van der Waals surface area contributed by atoms with E-state index in [0.29, 0.717) is 6.42 Å². The normalized spacial score (nSPS) is 21.0. The summed E-state index contributed by atoms with van der Waals surface area (Å²) in [5, 5.41) is 38.7. The monoisotopic (exact) mass is 420 g/mol. The standard InChI is InChI=1S/C17H28N2O10/c1-4-9(20)6-19-14(24)11(5-2)18(17(19)27)7-10(21)8-29-16(26)13(23)12(22)15(25)28-3/h9-13,20-23H,4-8H2,1-3H3. The molecule has 12 heteroatoms. The van der Waals surface area contributed by atoms with Crippen molar-refractivity contribution in [1.29, 1.82) is 0 Å². The van der Waals surface area contributed by atoms with Crippen LogP contribution in [-0.4, -0.2) is 111 Å². The molecular weight excluding hydrogens is 392 g/mol. The Hall–Kier alpha value is -2.28. The summed E-state index contributed by atoms with van der Waals surface area (Å²) in [6, 6.07) is -1.51. The quantitative estimate of drug-likeness (QED) is 0.208. The number of β-amino-alcohol motifs (C(OH)–C–C–N with tert-alkyl or cyclic N) is 2. The average molecular weight is 420 g/mol. The van der Waals surface area contributed by atoms with E-state index in [1.807, 2.05) is 0 Å². The lowest BCUT2D eigenvalue weighted by molar-refractivity contribution is -0.173. The summed E-state index contributed by atoms with van der Waals surface area (Å²) < 4.78 is 8.83. The lowest BCUT2D eigenvalue weighted by atomic mass is 10.2. The molecule has 0 aromatic carbocycles. The van der Waals surface area contributed by atoms with Gasteiger partial charge in [-0.3, -0.25) is 9.69 Å². The maximum Gasteiger partial charge on any atom is 0.338 e. The second-order valence-corrected chi connectivity index (χ2v) is 6.57. The van der Waals surface area contributed by atoms with Crippen molar-refractivity contribution in [2.75, 3.05) is 26.8 Å². The number of urea groups is 1. The first-order valence-corrected chi connectivity index (χ1v) is 9.17. The molecule has 0 bridgehead atoms. The van der Waals surface area contributed by atoms with Crippen LogP contribution in [0.2, 0.25) is 0 Å². The van der Waals surface area contributed by atoms with Gasteiger partial charge in [0.1, 0.15) is 18.8 Å². The van der Waals surface area contributed by atoms with Crippen molar-refractivity contribution >= 4 is 23.9 Å². The van der Waals surface area contributed by atoms with E-state index >= 15 is 0 Å². The van der Waals surface area contributed by atoms with E-state index in [-0.39, 0.29) is 19.5 Å². The van der Waals surface area contributed by atoms with Gasteiger partial charge in [0.05, 0.1) is 26.3 Å². The number of imide groups is 1. The summed E-state index contributed by atoms with van der Waals surface area (Å²) in [4.78, 5) is 49.7. The number of ether oxygens (including phenoxy) is 2. The van der Waals surface area contributed by atoms with Gasteiger partial charge in [-0.05, 0) is 12.8 Å². The van der Waals surface area contributed by atoms with Crippen molar-refractivity contribution in [2.45, 2.75) is 57.1 Å². The molecule has 0 aliphatic carbocycles. The van der Waals surface area contributed by atoms with E-state index in [1.54, 1.807) is 13.8 Å². The number of esters is 2. The van der Waals surface area contributed by atoms with Gasteiger partial charge in [0, 0.05) is 0 Å². The van der Waals surface area contributed by atoms with Gasteiger partial charge >= 0.3 is 18.0 Å². The molecule has 5 unspecified atom stereocenters. The first-order chi connectivity index (χ1) is 13.6. The number of amides is 3. The van der Waals surface area contributed by atoms with Crippen LogP contribution >= 0.6 is 0 Å². The minimum absolute atomic E-state index is 0.163. The highest BCUT2D eigenvalue weighted by molar-refractivity contribution is 6.04. The van der Waals surface area contributed by atoms with Gasteiger partial charge in [-0.1, -0.05) is 13.8 Å². The van der Waals surface area contributed by atoms with Gasteiger partial charge in [0.2, 0.25) is 0 Å². The van der Waals surface area contributed by atoms with Crippen LogP contribution < -0.4 is 0 Å². The summed E-state index contributed by atoms with van der Waals surface area (Å²) in [7, 11) is 0.953. The first kappa shape index (κ1) is 24.8. The number of hydrogen-bond acceptors (Lipinski definition) is 10. The third-order valence-corrected chi connectivity index (χ3v) is 4.46. The second kappa shape index (κ2) is 11.0. The zero-order chi connectivity index (χ0) is 22.3. The van der Waals surface area contributed by atoms with Crippen LogP contribution in [0.4, 0.5) is 4.79 Å². The van der Waals surface area contributed by atoms with Gasteiger partial charge in [-0.2, -0.15) is 0 Å². The Labute approximate surface area is 167 Å². The molecule has 4 N–H and O–H groups in total. The lowest BCUT2D eigenvalue weighted by Gasteiger charge is -2.24. The number of aliphatic hydroxyl groups excluding tert-OH is 4. The summed E-state index contributed by atoms with van der Waals surface area (Å²) >= 11 is 0. The number of methoxy groups -OCH3 is 1. The number of carbonyl (C=O) groups is 4. The Bertz CT molecular complexity index is 613. The molecular formula is C17H28N2O10. The number of hydrogen-bond donors (Lipinski definition) is 4. The van der Waals surface area contributed by atoms with Crippen LogP contribution in [0.25, 0.3) is 0 Å². The molecule has 0 aromatic heterocycles. The van der Waals surface area contributed by atoms with Crippen molar-refractivity contribution in [3.63, 3.8) is 0 Å². The fraction of sp³-hybridized carbons (Fsp3) is 0.765. The molecule has 1 aliphatic rings. The zero-order valence-electron chi connectivity index (χ0n) is 16.6. The van der Waals surface area contributed by atoms with E-state index in [1.165, 1.54) is 0 Å². The Kier molecular flexibility index (Phi) is 9.43. The highest BCUT2D eigenvalue weighted by Crippen LogP contribution is 2.21. The van der Waals surface area contributed by atoms with E-state index in [9.17, 15) is 39.6 Å². The number of carbonyl (C=O) groups excluding carboxylic acids is 4. The Balaban J connectivity index is 2.67. The molecule has 0 aromatic rings. The average Bonchev–Trinajstić information content (AvgIpc) is 2.93. The summed E-state index contributed by atoms with van der Waals surface area (Å²) in [6.45, 7) is 2.22. The predicted molar refractivity (Wildman–Crippen MR) is 95.2 cm³/mol. The second-order valence-electron chi connectivity index (χ2n) is 6.57. The molecule has 1 aliphatic heterocycles. The van der Waals surface area contributed by atoms with Crippen molar-refractivity contribution in [3.05, 3.63) is 0 Å². The third-order valence-electron chi connectivity index (χ3n) is 4.46. The summed E-state index contributed by atoms with van der Waals surface area (Å²) in [6.07, 6.45) is -5.99. The van der Waals surface area contributed by atoms with Crippen LogP contribution in [0.3, 0.4) is 0 Å². The highest BCUT2D eigenvalue weighted by Gasteiger charge is 2.45. The SMILES string of the molecule is CCC(O)CN1C(=O)C(CC)N(CC(O)COC(=O)C(O)C(O)C(=O)OC)C1=O. The topological polar surface area (TPSA) is 174 Å². The van der Waals surface area contributed by atoms with Crippen molar-refractivity contribution in [1.82, 2.24) is 9.80 Å².